The zero-order valence-electron chi connectivity index (χ0n) is 18.4. The molecule has 1 saturated carbocycles. The number of carbonyl (C=O) groups is 1. The molecule has 2 aliphatic heterocycles. The molecule has 1 N–H and O–H groups in total. The number of carbonyl (C=O) groups excluding carboxylic acids is 1. The van der Waals surface area contributed by atoms with Gasteiger partial charge in [-0.2, -0.15) is 4.31 Å². The molecule has 1 aromatic rings. The van der Waals surface area contributed by atoms with E-state index < -0.39 is 14.9 Å². The topological polar surface area (TPSA) is 113 Å². The van der Waals surface area contributed by atoms with Gasteiger partial charge in [-0.1, -0.05) is 19.3 Å². The summed E-state index contributed by atoms with van der Waals surface area (Å²) in [6, 6.07) is 4.20. The van der Waals surface area contributed by atoms with Gasteiger partial charge in [0.15, 0.2) is 0 Å². The standard InChI is InChI=1S/C22H32N4O5S/c27-22(17-6-2-1-3-7-17)23-18-10-14-24(15-11-18)20-9-8-19(26(28)29)16-21(20)32(30,31)25-12-4-5-13-25/h8-9,16-18H,1-7,10-15H2,(H,23,27). The van der Waals surface area contributed by atoms with E-state index in [0.29, 0.717) is 31.9 Å². The van der Waals surface area contributed by atoms with Crippen molar-refractivity contribution in [3.63, 3.8) is 0 Å². The predicted octanol–water partition coefficient (Wildman–Crippen LogP) is 3.04. The van der Waals surface area contributed by atoms with Crippen LogP contribution in [0, 0.1) is 16.0 Å². The highest BCUT2D eigenvalue weighted by atomic mass is 32.2. The third kappa shape index (κ3) is 4.91. The summed E-state index contributed by atoms with van der Waals surface area (Å²) in [7, 11) is -3.80. The third-order valence-corrected chi connectivity index (χ3v) is 8.92. The minimum atomic E-state index is -3.80. The fourth-order valence-corrected chi connectivity index (χ4v) is 6.85. The summed E-state index contributed by atoms with van der Waals surface area (Å²) in [6.45, 7) is 2.07. The first-order valence-corrected chi connectivity index (χ1v) is 13.1. The second kappa shape index (κ2) is 9.74. The van der Waals surface area contributed by atoms with Gasteiger partial charge in [0.05, 0.1) is 10.6 Å². The lowest BCUT2D eigenvalue weighted by Gasteiger charge is -2.36. The highest BCUT2D eigenvalue weighted by molar-refractivity contribution is 7.89. The fraction of sp³-hybridized carbons (Fsp3) is 0.682. The molecule has 0 unspecified atom stereocenters. The van der Waals surface area contributed by atoms with Crippen molar-refractivity contribution in [2.75, 3.05) is 31.1 Å². The van der Waals surface area contributed by atoms with Crippen LogP contribution in [0.3, 0.4) is 0 Å². The molecule has 4 rings (SSSR count). The molecule has 0 radical (unpaired) electrons. The second-order valence-corrected chi connectivity index (χ2v) is 11.0. The lowest BCUT2D eigenvalue weighted by Crippen LogP contribution is -2.47. The second-order valence-electron chi connectivity index (χ2n) is 9.13. The van der Waals surface area contributed by atoms with Crippen molar-refractivity contribution in [2.45, 2.75) is 68.7 Å². The van der Waals surface area contributed by atoms with Crippen LogP contribution in [-0.2, 0) is 14.8 Å². The van der Waals surface area contributed by atoms with E-state index in [1.165, 1.54) is 22.9 Å². The van der Waals surface area contributed by atoms with Crippen molar-refractivity contribution in [3.8, 4) is 0 Å². The zero-order valence-corrected chi connectivity index (χ0v) is 19.2. The molecule has 0 spiro atoms. The Labute approximate surface area is 189 Å². The maximum atomic E-state index is 13.3. The number of non-ortho nitro benzene ring substituents is 1. The van der Waals surface area contributed by atoms with E-state index in [1.807, 2.05) is 4.90 Å². The SMILES string of the molecule is O=C(NC1CCN(c2ccc([N+](=O)[O-])cc2S(=O)(=O)N2CCCC2)CC1)C1CCCCC1. The van der Waals surface area contributed by atoms with Gasteiger partial charge in [0.25, 0.3) is 5.69 Å². The van der Waals surface area contributed by atoms with Crippen LogP contribution in [0.1, 0.15) is 57.8 Å². The number of hydrogen-bond acceptors (Lipinski definition) is 6. The number of rotatable bonds is 6. The van der Waals surface area contributed by atoms with Gasteiger partial charge in [-0.3, -0.25) is 14.9 Å². The first-order chi connectivity index (χ1) is 15.4. The monoisotopic (exact) mass is 464 g/mol. The average Bonchev–Trinajstić information content (AvgIpc) is 3.36. The molecular formula is C22H32N4O5S. The molecule has 2 saturated heterocycles. The highest BCUT2D eigenvalue weighted by Crippen LogP contribution is 2.34. The number of nitro benzene ring substituents is 1. The average molecular weight is 465 g/mol. The lowest BCUT2D eigenvalue weighted by atomic mass is 9.88. The van der Waals surface area contributed by atoms with Crippen LogP contribution < -0.4 is 10.2 Å². The summed E-state index contributed by atoms with van der Waals surface area (Å²) in [5.41, 5.74) is 0.292. The molecule has 2 heterocycles. The Kier molecular flexibility index (Phi) is 6.99. The van der Waals surface area contributed by atoms with E-state index >= 15 is 0 Å². The van der Waals surface area contributed by atoms with E-state index in [4.69, 9.17) is 0 Å². The molecule has 0 bridgehead atoms. The lowest BCUT2D eigenvalue weighted by molar-refractivity contribution is -0.385. The van der Waals surface area contributed by atoms with Crippen molar-refractivity contribution in [1.82, 2.24) is 9.62 Å². The van der Waals surface area contributed by atoms with E-state index in [0.717, 1.165) is 51.4 Å². The number of sulfonamides is 1. The number of nitro groups is 1. The van der Waals surface area contributed by atoms with Gasteiger partial charge >= 0.3 is 0 Å². The molecule has 1 aliphatic carbocycles. The van der Waals surface area contributed by atoms with Crippen LogP contribution in [0.4, 0.5) is 11.4 Å². The molecule has 176 valence electrons. The number of amides is 1. The first kappa shape index (κ1) is 23.0. The first-order valence-electron chi connectivity index (χ1n) is 11.7. The van der Waals surface area contributed by atoms with Crippen molar-refractivity contribution < 1.29 is 18.1 Å². The molecular weight excluding hydrogens is 432 g/mol. The summed E-state index contributed by atoms with van der Waals surface area (Å²) in [5.74, 6) is 0.268. The Morgan fingerprint density at radius 1 is 0.969 bits per heavy atom. The molecule has 3 aliphatic rings. The van der Waals surface area contributed by atoms with Gasteiger partial charge in [-0.25, -0.2) is 8.42 Å². The van der Waals surface area contributed by atoms with Crippen LogP contribution in [-0.4, -0.2) is 55.8 Å². The van der Waals surface area contributed by atoms with Gasteiger partial charge in [-0.05, 0) is 44.6 Å². The van der Waals surface area contributed by atoms with Crippen LogP contribution in [0.2, 0.25) is 0 Å². The number of nitrogens with one attached hydrogen (secondary N) is 1. The number of hydrogen-bond donors (Lipinski definition) is 1. The van der Waals surface area contributed by atoms with E-state index in [2.05, 4.69) is 5.32 Å². The summed E-state index contributed by atoms with van der Waals surface area (Å²) in [5, 5.41) is 14.5. The summed E-state index contributed by atoms with van der Waals surface area (Å²) < 4.78 is 28.0. The van der Waals surface area contributed by atoms with Crippen molar-refractivity contribution in [2.24, 2.45) is 5.92 Å². The predicted molar refractivity (Wildman–Crippen MR) is 121 cm³/mol. The molecule has 1 aromatic carbocycles. The molecule has 32 heavy (non-hydrogen) atoms. The Bertz CT molecular complexity index is 947. The summed E-state index contributed by atoms with van der Waals surface area (Å²) in [6.07, 6.45) is 8.41. The Balaban J connectivity index is 1.48. The normalized spacial score (nSPS) is 21.6. The van der Waals surface area contributed by atoms with Crippen molar-refractivity contribution in [3.05, 3.63) is 28.3 Å². The third-order valence-electron chi connectivity index (χ3n) is 7.00. The Morgan fingerprint density at radius 3 is 2.25 bits per heavy atom. The highest BCUT2D eigenvalue weighted by Gasteiger charge is 2.33. The largest absolute Gasteiger partial charge is 0.370 e. The molecule has 0 atom stereocenters. The van der Waals surface area contributed by atoms with E-state index in [9.17, 15) is 23.3 Å². The quantitative estimate of drug-likeness (QED) is 0.511. The van der Waals surface area contributed by atoms with Gasteiger partial charge in [0, 0.05) is 50.3 Å². The summed E-state index contributed by atoms with van der Waals surface area (Å²) >= 11 is 0. The van der Waals surface area contributed by atoms with Crippen LogP contribution in [0.25, 0.3) is 0 Å². The summed E-state index contributed by atoms with van der Waals surface area (Å²) in [4.78, 5) is 25.3. The van der Waals surface area contributed by atoms with Crippen LogP contribution in [0.15, 0.2) is 23.1 Å². The van der Waals surface area contributed by atoms with Crippen molar-refractivity contribution in [1.29, 1.82) is 0 Å². The van der Waals surface area contributed by atoms with E-state index in [-0.39, 0.29) is 28.4 Å². The number of piperidine rings is 1. The molecule has 3 fully saturated rings. The minimum absolute atomic E-state index is 0.0123. The Morgan fingerprint density at radius 2 is 1.62 bits per heavy atom. The van der Waals surface area contributed by atoms with Gasteiger partial charge in [-0.15, -0.1) is 0 Å². The number of nitrogens with zero attached hydrogens (tertiary/aromatic N) is 3. The molecule has 9 nitrogen and oxygen atoms in total. The maximum Gasteiger partial charge on any atom is 0.270 e. The van der Waals surface area contributed by atoms with Crippen LogP contribution in [0.5, 0.6) is 0 Å². The molecule has 1 amide bonds. The van der Waals surface area contributed by atoms with Gasteiger partial charge < -0.3 is 10.2 Å². The van der Waals surface area contributed by atoms with Crippen LogP contribution >= 0.6 is 0 Å². The molecule has 10 heteroatoms. The molecule has 0 aromatic heterocycles. The van der Waals surface area contributed by atoms with E-state index in [1.54, 1.807) is 6.07 Å². The van der Waals surface area contributed by atoms with Gasteiger partial charge in [0.2, 0.25) is 15.9 Å². The van der Waals surface area contributed by atoms with Gasteiger partial charge in [0.1, 0.15) is 4.90 Å². The zero-order chi connectivity index (χ0) is 22.7. The number of benzene rings is 1. The Hall–Kier alpha value is -2.20. The fourth-order valence-electron chi connectivity index (χ4n) is 5.10. The number of anilines is 1. The van der Waals surface area contributed by atoms with Crippen molar-refractivity contribution >= 4 is 27.3 Å². The maximum absolute atomic E-state index is 13.3. The minimum Gasteiger partial charge on any atom is -0.370 e. The smallest absolute Gasteiger partial charge is 0.270 e.